The van der Waals surface area contributed by atoms with Crippen molar-refractivity contribution in [3.8, 4) is 0 Å². The number of aliphatic hydroxyl groups excluding tert-OH is 7. The summed E-state index contributed by atoms with van der Waals surface area (Å²) in [6.45, 7) is 0.969. The number of carbonyl (C=O) groups is 1. The highest BCUT2D eigenvalue weighted by Gasteiger charge is 2.51. The Bertz CT molecular complexity index is 817. The van der Waals surface area contributed by atoms with Gasteiger partial charge in [0.25, 0.3) is 0 Å². The summed E-state index contributed by atoms with van der Waals surface area (Å²) < 4.78 is 28.4. The monoisotopic (exact) mass is 694 g/mol. The first kappa shape index (κ1) is 43.2. The second-order valence-corrected chi connectivity index (χ2v) is 13.5. The lowest BCUT2D eigenvalue weighted by Crippen LogP contribution is -2.65. The summed E-state index contributed by atoms with van der Waals surface area (Å²) in [7, 11) is 1.41. The Labute approximate surface area is 286 Å². The highest BCUT2D eigenvalue weighted by molar-refractivity contribution is 5.68. The van der Waals surface area contributed by atoms with Gasteiger partial charge in [0.05, 0.1) is 26.4 Å². The Kier molecular flexibility index (Phi) is 22.6. The van der Waals surface area contributed by atoms with Crippen molar-refractivity contribution in [3.05, 3.63) is 0 Å². The van der Waals surface area contributed by atoms with Gasteiger partial charge in [0.15, 0.2) is 12.6 Å². The van der Waals surface area contributed by atoms with Gasteiger partial charge in [0.1, 0.15) is 48.8 Å². The average Bonchev–Trinajstić information content (AvgIpc) is 3.09. The van der Waals surface area contributed by atoms with E-state index >= 15 is 0 Å². The van der Waals surface area contributed by atoms with E-state index in [0.29, 0.717) is 6.42 Å². The molecule has 0 amide bonds. The average molecular weight is 695 g/mol. The molecule has 48 heavy (non-hydrogen) atoms. The highest BCUT2D eigenvalue weighted by atomic mass is 16.8. The molecule has 0 radical (unpaired) electrons. The van der Waals surface area contributed by atoms with Gasteiger partial charge in [0, 0.05) is 6.42 Å². The summed E-state index contributed by atoms with van der Waals surface area (Å²) in [6, 6.07) is 0. The van der Waals surface area contributed by atoms with E-state index in [9.17, 15) is 40.5 Å². The molecule has 2 rings (SSSR count). The number of hydrogen-bond acceptors (Lipinski definition) is 13. The van der Waals surface area contributed by atoms with Gasteiger partial charge >= 0.3 is 5.97 Å². The topological polar surface area (TPSA) is 205 Å². The van der Waals surface area contributed by atoms with Crippen LogP contribution in [-0.4, -0.2) is 130 Å². The van der Waals surface area contributed by atoms with Gasteiger partial charge in [-0.05, 0) is 19.3 Å². The number of methoxy groups -OCH3 is 1. The molecule has 13 heteroatoms. The van der Waals surface area contributed by atoms with E-state index in [-0.39, 0.29) is 12.1 Å². The summed E-state index contributed by atoms with van der Waals surface area (Å²) in [5.41, 5.74) is 0. The van der Waals surface area contributed by atoms with Gasteiger partial charge in [-0.2, -0.15) is 0 Å². The maximum absolute atomic E-state index is 11.2. The lowest BCUT2D eigenvalue weighted by molar-refractivity contribution is -0.372. The SMILES string of the molecule is CCCCCCCCCC(CCCCCCCCCCCC(=O)OC)O[C@@H]1O[C@H](CO)[C@@H](O)[C@H](O)[C@H]1O[C@@H]1O[C@H](CO)[C@@H](O)[C@H](O)[C@H]1O. The van der Waals surface area contributed by atoms with Crippen LogP contribution < -0.4 is 0 Å². The Balaban J connectivity index is 1.97. The summed E-state index contributed by atoms with van der Waals surface area (Å²) in [5.74, 6) is -0.154. The predicted molar refractivity (Wildman–Crippen MR) is 177 cm³/mol. The summed E-state index contributed by atoms with van der Waals surface area (Å²) >= 11 is 0. The van der Waals surface area contributed by atoms with E-state index in [1.54, 1.807) is 0 Å². The number of carbonyl (C=O) groups excluding carboxylic acids is 1. The van der Waals surface area contributed by atoms with Gasteiger partial charge in [-0.3, -0.25) is 4.79 Å². The largest absolute Gasteiger partial charge is 0.469 e. The molecule has 0 aromatic carbocycles. The van der Waals surface area contributed by atoms with Crippen LogP contribution in [0.4, 0.5) is 0 Å². The van der Waals surface area contributed by atoms with Crippen LogP contribution in [0.15, 0.2) is 0 Å². The van der Waals surface area contributed by atoms with Crippen molar-refractivity contribution in [2.45, 2.75) is 196 Å². The van der Waals surface area contributed by atoms with Crippen LogP contribution >= 0.6 is 0 Å². The lowest BCUT2D eigenvalue weighted by atomic mass is 9.97. The summed E-state index contributed by atoms with van der Waals surface area (Å²) in [4.78, 5) is 11.2. The molecule has 2 fully saturated rings. The molecule has 7 N–H and O–H groups in total. The van der Waals surface area contributed by atoms with E-state index < -0.39 is 74.6 Å². The van der Waals surface area contributed by atoms with E-state index in [0.717, 1.165) is 89.9 Å². The molecule has 0 aromatic heterocycles. The van der Waals surface area contributed by atoms with Crippen molar-refractivity contribution >= 4 is 5.97 Å². The zero-order chi connectivity index (χ0) is 35.3. The molecule has 2 aliphatic rings. The Morgan fingerprint density at radius 2 is 1.06 bits per heavy atom. The fourth-order valence-corrected chi connectivity index (χ4v) is 6.43. The van der Waals surface area contributed by atoms with E-state index in [2.05, 4.69) is 11.7 Å². The first-order valence-corrected chi connectivity index (χ1v) is 18.5. The number of esters is 1. The summed E-state index contributed by atoms with van der Waals surface area (Å²) in [5, 5.41) is 72.1. The first-order valence-electron chi connectivity index (χ1n) is 18.5. The van der Waals surface area contributed by atoms with Crippen LogP contribution in [0, 0.1) is 0 Å². The van der Waals surface area contributed by atoms with Gasteiger partial charge in [-0.25, -0.2) is 0 Å². The standard InChI is InChI=1S/C35H66O13/c1-3-4-5-6-10-13-16-19-24(20-17-14-11-8-7-9-12-15-18-21-27(38)44-2)45-35-33(31(42)29(40)26(23-37)47-35)48-34-32(43)30(41)28(39)25(22-36)46-34/h24-26,28-37,39-43H,3-23H2,1-2H3/t24?,25-,26-,28-,29-,30+,31+,32-,33-,34+,35-/m1/s1. The van der Waals surface area contributed by atoms with Crippen LogP contribution in [-0.2, 0) is 28.5 Å². The Hall–Kier alpha value is -0.970. The van der Waals surface area contributed by atoms with Crippen molar-refractivity contribution in [1.82, 2.24) is 0 Å². The van der Waals surface area contributed by atoms with Crippen molar-refractivity contribution in [1.29, 1.82) is 0 Å². The van der Waals surface area contributed by atoms with Gasteiger partial charge < -0.3 is 59.4 Å². The fraction of sp³-hybridized carbons (Fsp3) is 0.971. The van der Waals surface area contributed by atoms with Crippen LogP contribution in [0.2, 0.25) is 0 Å². The van der Waals surface area contributed by atoms with E-state index in [4.69, 9.17) is 18.9 Å². The molecule has 284 valence electrons. The van der Waals surface area contributed by atoms with Crippen LogP contribution in [0.1, 0.15) is 129 Å². The number of ether oxygens (including phenoxy) is 5. The van der Waals surface area contributed by atoms with Gasteiger partial charge in [-0.15, -0.1) is 0 Å². The minimum atomic E-state index is -1.72. The van der Waals surface area contributed by atoms with Crippen LogP contribution in [0.3, 0.4) is 0 Å². The van der Waals surface area contributed by atoms with Gasteiger partial charge in [-0.1, -0.05) is 103 Å². The number of aliphatic hydroxyl groups is 7. The minimum Gasteiger partial charge on any atom is -0.469 e. The maximum Gasteiger partial charge on any atom is 0.305 e. The fourth-order valence-electron chi connectivity index (χ4n) is 6.43. The molecule has 11 atom stereocenters. The normalized spacial score (nSPS) is 31.5. The molecule has 0 spiro atoms. The molecule has 2 aliphatic heterocycles. The first-order chi connectivity index (χ1) is 23.2. The minimum absolute atomic E-state index is 0.154. The molecule has 0 aliphatic carbocycles. The molecule has 0 bridgehead atoms. The van der Waals surface area contributed by atoms with E-state index in [1.807, 2.05) is 0 Å². The molecular formula is C35H66O13. The van der Waals surface area contributed by atoms with E-state index in [1.165, 1.54) is 32.8 Å². The number of hydrogen-bond donors (Lipinski definition) is 7. The smallest absolute Gasteiger partial charge is 0.305 e. The molecule has 0 saturated carbocycles. The quantitative estimate of drug-likeness (QED) is 0.0515. The maximum atomic E-state index is 11.2. The lowest BCUT2D eigenvalue weighted by Gasteiger charge is -2.46. The number of unbranched alkanes of at least 4 members (excludes halogenated alkanes) is 14. The predicted octanol–water partition coefficient (Wildman–Crippen LogP) is 2.60. The third-order valence-electron chi connectivity index (χ3n) is 9.56. The zero-order valence-electron chi connectivity index (χ0n) is 29.3. The molecule has 1 unspecified atom stereocenters. The molecular weight excluding hydrogens is 628 g/mol. The Morgan fingerprint density at radius 3 is 1.56 bits per heavy atom. The molecule has 13 nitrogen and oxygen atoms in total. The number of rotatable bonds is 26. The third-order valence-corrected chi connectivity index (χ3v) is 9.56. The molecule has 2 heterocycles. The Morgan fingerprint density at radius 1 is 0.604 bits per heavy atom. The van der Waals surface area contributed by atoms with Crippen LogP contribution in [0.25, 0.3) is 0 Å². The third kappa shape index (κ3) is 15.1. The second-order valence-electron chi connectivity index (χ2n) is 13.5. The second kappa shape index (κ2) is 25.1. The molecule has 2 saturated heterocycles. The zero-order valence-corrected chi connectivity index (χ0v) is 29.3. The van der Waals surface area contributed by atoms with Crippen molar-refractivity contribution in [2.75, 3.05) is 20.3 Å². The summed E-state index contributed by atoms with van der Waals surface area (Å²) in [6.07, 6.45) is 4.46. The van der Waals surface area contributed by atoms with Crippen molar-refractivity contribution in [2.24, 2.45) is 0 Å². The van der Waals surface area contributed by atoms with Crippen LogP contribution in [0.5, 0.6) is 0 Å². The van der Waals surface area contributed by atoms with Crippen molar-refractivity contribution < 1.29 is 64.2 Å². The highest BCUT2D eigenvalue weighted by Crippen LogP contribution is 2.31. The molecule has 0 aromatic rings. The van der Waals surface area contributed by atoms with Gasteiger partial charge in [0.2, 0.25) is 0 Å². The van der Waals surface area contributed by atoms with Crippen molar-refractivity contribution in [3.63, 3.8) is 0 Å².